The van der Waals surface area contributed by atoms with E-state index in [1.54, 1.807) is 0 Å². The van der Waals surface area contributed by atoms with Gasteiger partial charge < -0.3 is 0 Å². The van der Waals surface area contributed by atoms with Gasteiger partial charge in [-0.1, -0.05) is 154 Å². The average Bonchev–Trinajstić information content (AvgIpc) is 3.93. The molecule has 8 aromatic rings. The fraction of sp³-hybridized carbons (Fsp3) is 0.109. The fourth-order valence-corrected chi connectivity index (χ4v) is 10.3. The SMILES string of the molecule is C=Cc1sc2ccc(-c3ccc(Cc4ccccc4)c(-c4c(C)c5c(c6ccccc46)C=C=C5)c3)cc2c1/C=C\Cc1ccc2c(c1)C(C)(C)c1ccccc1-2. The van der Waals surface area contributed by atoms with Crippen LogP contribution in [0.15, 0.2) is 152 Å². The van der Waals surface area contributed by atoms with E-state index in [0.29, 0.717) is 0 Å². The Morgan fingerprint density at radius 2 is 1.38 bits per heavy atom. The van der Waals surface area contributed by atoms with E-state index in [9.17, 15) is 0 Å². The Balaban J connectivity index is 1.05. The molecule has 1 aromatic heterocycles. The van der Waals surface area contributed by atoms with E-state index >= 15 is 0 Å². The number of fused-ring (bicyclic) bond motifs is 7. The van der Waals surface area contributed by atoms with Crippen molar-refractivity contribution in [3.63, 3.8) is 0 Å². The molecular weight excluding hydrogens is 693 g/mol. The number of hydrogen-bond donors (Lipinski definition) is 0. The van der Waals surface area contributed by atoms with Crippen LogP contribution in [-0.4, -0.2) is 0 Å². The zero-order chi connectivity index (χ0) is 38.0. The molecular formula is C55H42S. The van der Waals surface area contributed by atoms with Gasteiger partial charge in [-0.25, -0.2) is 0 Å². The third kappa shape index (κ3) is 5.58. The second-order valence-corrected chi connectivity index (χ2v) is 16.9. The van der Waals surface area contributed by atoms with Crippen LogP contribution < -0.4 is 0 Å². The largest absolute Gasteiger partial charge is 0.135 e. The van der Waals surface area contributed by atoms with Crippen molar-refractivity contribution >= 4 is 56.5 Å². The van der Waals surface area contributed by atoms with Crippen molar-refractivity contribution in [2.24, 2.45) is 0 Å². The van der Waals surface area contributed by atoms with Crippen molar-refractivity contribution in [3.8, 4) is 33.4 Å². The van der Waals surface area contributed by atoms with Crippen molar-refractivity contribution in [1.29, 1.82) is 0 Å². The van der Waals surface area contributed by atoms with Crippen molar-refractivity contribution in [2.75, 3.05) is 0 Å². The van der Waals surface area contributed by atoms with Gasteiger partial charge in [0, 0.05) is 20.4 Å². The Labute approximate surface area is 334 Å². The number of allylic oxidation sites excluding steroid dienone is 1. The molecule has 0 nitrogen and oxygen atoms in total. The molecule has 268 valence electrons. The van der Waals surface area contributed by atoms with E-state index in [2.05, 4.69) is 191 Å². The van der Waals surface area contributed by atoms with Crippen LogP contribution in [0.3, 0.4) is 0 Å². The third-order valence-corrected chi connectivity index (χ3v) is 13.4. The quantitative estimate of drug-likeness (QED) is 0.136. The van der Waals surface area contributed by atoms with E-state index in [1.807, 2.05) is 17.4 Å². The van der Waals surface area contributed by atoms with Gasteiger partial charge in [0.15, 0.2) is 0 Å². The van der Waals surface area contributed by atoms with Crippen LogP contribution >= 0.6 is 11.3 Å². The lowest BCUT2D eigenvalue weighted by Gasteiger charge is -2.21. The van der Waals surface area contributed by atoms with Crippen molar-refractivity contribution in [3.05, 3.63) is 207 Å². The highest BCUT2D eigenvalue weighted by atomic mass is 32.1. The summed E-state index contributed by atoms with van der Waals surface area (Å²) < 4.78 is 1.28. The number of thiophene rings is 1. The molecule has 0 bridgehead atoms. The number of benzene rings is 7. The lowest BCUT2D eigenvalue weighted by molar-refractivity contribution is 0.659. The smallest absolute Gasteiger partial charge is 0.0355 e. The van der Waals surface area contributed by atoms with Crippen molar-refractivity contribution in [1.82, 2.24) is 0 Å². The summed E-state index contributed by atoms with van der Waals surface area (Å²) in [5.74, 6) is 0. The molecule has 0 fully saturated rings. The minimum atomic E-state index is 0.00181. The molecule has 0 atom stereocenters. The van der Waals surface area contributed by atoms with E-state index in [-0.39, 0.29) is 5.41 Å². The standard InChI is InChI=1S/C55H42S/c1-5-52-46(23-13-17-37-25-29-45-44-19-11-12-24-50(44)55(3,4)51(45)32-37)49-34-39(28-30-53(49)56-52)38-26-27-40(31-36-15-7-6-8-16-36)48(33-38)54-35(2)41-21-14-22-42(41)43-18-9-10-20-47(43)54/h5-13,15-16,18-30,32-34H,1,17,31H2,2-4H3/b23-13-. The fourth-order valence-electron chi connectivity index (χ4n) is 9.31. The van der Waals surface area contributed by atoms with Gasteiger partial charge in [0.1, 0.15) is 0 Å². The van der Waals surface area contributed by atoms with Gasteiger partial charge in [-0.3, -0.25) is 0 Å². The zero-order valence-electron chi connectivity index (χ0n) is 32.1. The second-order valence-electron chi connectivity index (χ2n) is 15.8. The third-order valence-electron chi connectivity index (χ3n) is 12.2. The van der Waals surface area contributed by atoms with E-state index in [4.69, 9.17) is 0 Å². The van der Waals surface area contributed by atoms with Gasteiger partial charge in [0.05, 0.1) is 0 Å². The first-order valence-corrected chi connectivity index (χ1v) is 20.4. The molecule has 0 unspecified atom stereocenters. The zero-order valence-corrected chi connectivity index (χ0v) is 32.9. The van der Waals surface area contributed by atoms with Gasteiger partial charge >= 0.3 is 0 Å². The molecule has 0 saturated heterocycles. The monoisotopic (exact) mass is 734 g/mol. The Morgan fingerprint density at radius 1 is 0.643 bits per heavy atom. The first-order chi connectivity index (χ1) is 27.4. The summed E-state index contributed by atoms with van der Waals surface area (Å²) in [5.41, 5.74) is 23.1. The van der Waals surface area contributed by atoms with Crippen molar-refractivity contribution in [2.45, 2.75) is 39.0 Å². The Hall–Kier alpha value is -6.24. The minimum Gasteiger partial charge on any atom is -0.135 e. The van der Waals surface area contributed by atoms with Crippen LogP contribution in [0.5, 0.6) is 0 Å². The molecule has 0 amide bonds. The molecule has 1 heteroatoms. The van der Waals surface area contributed by atoms with Gasteiger partial charge in [-0.2, -0.15) is 0 Å². The molecule has 56 heavy (non-hydrogen) atoms. The van der Waals surface area contributed by atoms with Crippen LogP contribution in [0, 0.1) is 6.92 Å². The van der Waals surface area contributed by atoms with E-state index < -0.39 is 0 Å². The van der Waals surface area contributed by atoms with Gasteiger partial charge in [-0.05, 0) is 144 Å². The van der Waals surface area contributed by atoms with Gasteiger partial charge in [0.25, 0.3) is 0 Å². The van der Waals surface area contributed by atoms with Gasteiger partial charge in [-0.15, -0.1) is 17.1 Å². The number of rotatable bonds is 8. The maximum Gasteiger partial charge on any atom is 0.0355 e. The van der Waals surface area contributed by atoms with Gasteiger partial charge in [0.2, 0.25) is 0 Å². The first kappa shape index (κ1) is 34.3. The molecule has 2 aliphatic rings. The Bertz CT molecular complexity index is 2990. The van der Waals surface area contributed by atoms with E-state index in [0.717, 1.165) is 12.8 Å². The predicted octanol–water partition coefficient (Wildman–Crippen LogP) is 15.1. The summed E-state index contributed by atoms with van der Waals surface area (Å²) in [5, 5.41) is 3.84. The highest BCUT2D eigenvalue weighted by Crippen LogP contribution is 2.49. The highest BCUT2D eigenvalue weighted by molar-refractivity contribution is 7.20. The Morgan fingerprint density at radius 3 is 2.23 bits per heavy atom. The molecule has 0 spiro atoms. The summed E-state index contributed by atoms with van der Waals surface area (Å²) in [6.07, 6.45) is 12.7. The molecule has 1 heterocycles. The normalized spacial score (nSPS) is 13.5. The second kappa shape index (κ2) is 13.5. The average molecular weight is 735 g/mol. The minimum absolute atomic E-state index is 0.00181. The lowest BCUT2D eigenvalue weighted by atomic mass is 9.82. The van der Waals surface area contributed by atoms with Crippen LogP contribution in [-0.2, 0) is 18.3 Å². The molecule has 2 aliphatic carbocycles. The van der Waals surface area contributed by atoms with E-state index in [1.165, 1.54) is 109 Å². The summed E-state index contributed by atoms with van der Waals surface area (Å²) in [6.45, 7) is 11.2. The van der Waals surface area contributed by atoms with Crippen LogP contribution in [0.25, 0.3) is 78.5 Å². The molecule has 0 radical (unpaired) electrons. The summed E-state index contributed by atoms with van der Waals surface area (Å²) >= 11 is 1.82. The molecule has 7 aromatic carbocycles. The molecule has 0 aliphatic heterocycles. The predicted molar refractivity (Wildman–Crippen MR) is 243 cm³/mol. The van der Waals surface area contributed by atoms with Crippen molar-refractivity contribution < 1.29 is 0 Å². The topological polar surface area (TPSA) is 0 Å². The maximum absolute atomic E-state index is 4.22. The summed E-state index contributed by atoms with van der Waals surface area (Å²) in [4.78, 5) is 1.21. The first-order valence-electron chi connectivity index (χ1n) is 19.6. The van der Waals surface area contributed by atoms with Crippen LogP contribution in [0.1, 0.15) is 68.8 Å². The summed E-state index contributed by atoms with van der Waals surface area (Å²) in [6, 6.07) is 49.7. The molecule has 10 rings (SSSR count). The highest BCUT2D eigenvalue weighted by Gasteiger charge is 2.35. The maximum atomic E-state index is 4.22. The van der Waals surface area contributed by atoms with Crippen LogP contribution in [0.4, 0.5) is 0 Å². The molecule has 0 N–H and O–H groups in total. The lowest BCUT2D eigenvalue weighted by Crippen LogP contribution is -2.15. The van der Waals surface area contributed by atoms with Crippen LogP contribution in [0.2, 0.25) is 0 Å². The number of hydrogen-bond acceptors (Lipinski definition) is 1. The Kier molecular flexibility index (Phi) is 8.26. The summed E-state index contributed by atoms with van der Waals surface area (Å²) in [7, 11) is 0. The molecule has 0 saturated carbocycles.